The maximum Gasteiger partial charge on any atom is 0.317 e. The number of methoxy groups -OCH3 is 1. The van der Waals surface area contributed by atoms with E-state index in [9.17, 15) is 14.4 Å². The van der Waals surface area contributed by atoms with Gasteiger partial charge in [-0.15, -0.1) is 0 Å². The molecule has 3 rings (SSSR count). The van der Waals surface area contributed by atoms with Crippen LogP contribution in [0, 0.1) is 6.92 Å². The third kappa shape index (κ3) is 6.33. The second-order valence-electron chi connectivity index (χ2n) is 8.18. The summed E-state index contributed by atoms with van der Waals surface area (Å²) in [5.41, 5.74) is 1.86. The van der Waals surface area contributed by atoms with Gasteiger partial charge in [-0.3, -0.25) is 19.3 Å². The highest BCUT2D eigenvalue weighted by atomic mass is 35.5. The Morgan fingerprint density at radius 1 is 1.09 bits per heavy atom. The van der Waals surface area contributed by atoms with Crippen molar-refractivity contribution in [1.29, 1.82) is 0 Å². The summed E-state index contributed by atoms with van der Waals surface area (Å²) in [6.45, 7) is 2.51. The molecule has 0 bridgehead atoms. The summed E-state index contributed by atoms with van der Waals surface area (Å²) in [5.74, 6) is -2.01. The molecule has 33 heavy (non-hydrogen) atoms. The van der Waals surface area contributed by atoms with Crippen LogP contribution < -0.4 is 15.5 Å². The van der Waals surface area contributed by atoms with E-state index in [1.54, 1.807) is 36.4 Å². The monoisotopic (exact) mass is 471 g/mol. The van der Waals surface area contributed by atoms with E-state index in [1.165, 1.54) is 12.0 Å². The number of anilines is 1. The molecule has 2 aromatic carbocycles. The van der Waals surface area contributed by atoms with Crippen LogP contribution in [0.5, 0.6) is 0 Å². The third-order valence-electron chi connectivity index (χ3n) is 5.72. The lowest BCUT2D eigenvalue weighted by molar-refractivity contribution is -0.139. The van der Waals surface area contributed by atoms with Gasteiger partial charge in [-0.05, 0) is 37.5 Å². The molecule has 0 heterocycles. The summed E-state index contributed by atoms with van der Waals surface area (Å²) in [5, 5.41) is 5.90. The van der Waals surface area contributed by atoms with Crippen molar-refractivity contribution in [1.82, 2.24) is 10.6 Å². The average Bonchev–Trinajstić information content (AvgIpc) is 3.31. The molecule has 8 heteroatoms. The van der Waals surface area contributed by atoms with Crippen molar-refractivity contribution in [3.63, 3.8) is 0 Å². The van der Waals surface area contributed by atoms with E-state index in [1.807, 2.05) is 19.1 Å². The molecule has 7 nitrogen and oxygen atoms in total. The number of hydrogen-bond acceptors (Lipinski definition) is 4. The standard InChI is InChI=1S/C25H30ClN3O4/c1-17-11-13-18(14-12-17)22(23(30)27-15-16-33-2)29(21-10-6-5-9-20(21)26)25(32)24(31)28-19-7-3-4-8-19/h5-6,9-14,19,22H,3-4,7-8,15-16H2,1-2H3,(H,27,30)(H,28,31). The molecule has 1 atom stereocenters. The second-order valence-corrected chi connectivity index (χ2v) is 8.59. The molecular formula is C25H30ClN3O4. The first-order valence-electron chi connectivity index (χ1n) is 11.1. The number of nitrogens with one attached hydrogen (secondary N) is 2. The quantitative estimate of drug-likeness (QED) is 0.455. The number of carbonyl (C=O) groups is 3. The molecule has 1 aliphatic rings. The Balaban J connectivity index is 2.03. The Hall–Kier alpha value is -2.90. The van der Waals surface area contributed by atoms with Gasteiger partial charge in [0.15, 0.2) is 0 Å². The normalized spacial score (nSPS) is 14.5. The average molecular weight is 472 g/mol. The smallest absolute Gasteiger partial charge is 0.317 e. The van der Waals surface area contributed by atoms with Gasteiger partial charge in [0, 0.05) is 19.7 Å². The van der Waals surface area contributed by atoms with Crippen molar-refractivity contribution < 1.29 is 19.1 Å². The number of benzene rings is 2. The number of halogens is 1. The molecule has 2 N–H and O–H groups in total. The lowest BCUT2D eigenvalue weighted by Gasteiger charge is -2.32. The summed E-state index contributed by atoms with van der Waals surface area (Å²) >= 11 is 6.45. The molecule has 1 aliphatic carbocycles. The molecule has 1 fully saturated rings. The zero-order valence-electron chi connectivity index (χ0n) is 19.0. The lowest BCUT2D eigenvalue weighted by atomic mass is 10.0. The molecule has 176 valence electrons. The third-order valence-corrected chi connectivity index (χ3v) is 6.04. The Kier molecular flexibility index (Phi) is 8.86. The number of carbonyl (C=O) groups excluding carboxylic acids is 3. The number of hydrogen-bond donors (Lipinski definition) is 2. The number of rotatable bonds is 8. The van der Waals surface area contributed by atoms with Gasteiger partial charge in [-0.2, -0.15) is 0 Å². The minimum absolute atomic E-state index is 0.0390. The molecule has 0 aromatic heterocycles. The van der Waals surface area contributed by atoms with E-state index in [0.29, 0.717) is 17.9 Å². The highest BCUT2D eigenvalue weighted by Crippen LogP contribution is 2.33. The number of nitrogens with zero attached hydrogens (tertiary/aromatic N) is 1. The molecule has 2 aromatic rings. The molecule has 1 saturated carbocycles. The van der Waals surface area contributed by atoms with Crippen molar-refractivity contribution >= 4 is 35.0 Å². The van der Waals surface area contributed by atoms with Crippen LogP contribution >= 0.6 is 11.6 Å². The van der Waals surface area contributed by atoms with Crippen LogP contribution in [0.4, 0.5) is 5.69 Å². The Labute approximate surface area is 199 Å². The summed E-state index contributed by atoms with van der Waals surface area (Å²) in [4.78, 5) is 41.1. The van der Waals surface area contributed by atoms with Gasteiger partial charge in [-0.25, -0.2) is 0 Å². The fourth-order valence-corrected chi connectivity index (χ4v) is 4.21. The molecule has 0 spiro atoms. The van der Waals surface area contributed by atoms with Crippen molar-refractivity contribution in [2.24, 2.45) is 0 Å². The first-order valence-corrected chi connectivity index (χ1v) is 11.5. The van der Waals surface area contributed by atoms with Gasteiger partial charge in [0.25, 0.3) is 0 Å². The van der Waals surface area contributed by atoms with Crippen molar-refractivity contribution in [2.45, 2.75) is 44.7 Å². The predicted octanol–water partition coefficient (Wildman–Crippen LogP) is 3.54. The number of amides is 3. The highest BCUT2D eigenvalue weighted by molar-refractivity contribution is 6.43. The fraction of sp³-hybridized carbons (Fsp3) is 0.400. The number of ether oxygens (including phenoxy) is 1. The topological polar surface area (TPSA) is 87.7 Å². The maximum atomic E-state index is 13.6. The molecule has 1 unspecified atom stereocenters. The fourth-order valence-electron chi connectivity index (χ4n) is 3.98. The Morgan fingerprint density at radius 3 is 2.39 bits per heavy atom. The van der Waals surface area contributed by atoms with Gasteiger partial charge in [0.05, 0.1) is 17.3 Å². The minimum Gasteiger partial charge on any atom is -0.383 e. The summed E-state index contributed by atoms with van der Waals surface area (Å²) < 4.78 is 5.04. The van der Waals surface area contributed by atoms with E-state index in [0.717, 1.165) is 31.2 Å². The van der Waals surface area contributed by atoms with Gasteiger partial charge in [0.2, 0.25) is 5.91 Å². The predicted molar refractivity (Wildman–Crippen MR) is 128 cm³/mol. The summed E-state index contributed by atoms with van der Waals surface area (Å²) in [6, 6.07) is 12.8. The van der Waals surface area contributed by atoms with Crippen LogP contribution in [0.1, 0.15) is 42.9 Å². The van der Waals surface area contributed by atoms with Crippen LogP contribution in [-0.2, 0) is 19.1 Å². The molecule has 0 saturated heterocycles. The van der Waals surface area contributed by atoms with Crippen LogP contribution in [0.25, 0.3) is 0 Å². The SMILES string of the molecule is COCCNC(=O)C(c1ccc(C)cc1)N(C(=O)C(=O)NC1CCCC1)c1ccccc1Cl. The van der Waals surface area contributed by atoms with Crippen molar-refractivity contribution in [3.05, 3.63) is 64.7 Å². The van der Waals surface area contributed by atoms with Crippen LogP contribution in [0.15, 0.2) is 48.5 Å². The summed E-state index contributed by atoms with van der Waals surface area (Å²) in [6.07, 6.45) is 3.70. The van der Waals surface area contributed by atoms with Gasteiger partial charge < -0.3 is 15.4 Å². The first kappa shape index (κ1) is 24.7. The van der Waals surface area contributed by atoms with E-state index < -0.39 is 23.8 Å². The lowest BCUT2D eigenvalue weighted by Crippen LogP contribution is -2.51. The minimum atomic E-state index is -1.09. The van der Waals surface area contributed by atoms with Crippen LogP contribution in [0.3, 0.4) is 0 Å². The zero-order valence-corrected chi connectivity index (χ0v) is 19.7. The molecule has 3 amide bonds. The highest BCUT2D eigenvalue weighted by Gasteiger charge is 2.37. The number of aryl methyl sites for hydroxylation is 1. The van der Waals surface area contributed by atoms with E-state index in [-0.39, 0.29) is 17.6 Å². The maximum absolute atomic E-state index is 13.6. The van der Waals surface area contributed by atoms with Crippen molar-refractivity contribution in [3.8, 4) is 0 Å². The van der Waals surface area contributed by atoms with Gasteiger partial charge in [-0.1, -0.05) is 66.4 Å². The zero-order chi connectivity index (χ0) is 23.8. The van der Waals surface area contributed by atoms with Crippen molar-refractivity contribution in [2.75, 3.05) is 25.2 Å². The first-order chi connectivity index (χ1) is 15.9. The molecular weight excluding hydrogens is 442 g/mol. The van der Waals surface area contributed by atoms with E-state index >= 15 is 0 Å². The van der Waals surface area contributed by atoms with E-state index in [2.05, 4.69) is 10.6 Å². The number of para-hydroxylation sites is 1. The van der Waals surface area contributed by atoms with E-state index in [4.69, 9.17) is 16.3 Å². The molecule has 0 radical (unpaired) electrons. The summed E-state index contributed by atoms with van der Waals surface area (Å²) in [7, 11) is 1.54. The van der Waals surface area contributed by atoms with Crippen LogP contribution in [-0.4, -0.2) is 44.0 Å². The Morgan fingerprint density at radius 2 is 1.76 bits per heavy atom. The van der Waals surface area contributed by atoms with Gasteiger partial charge in [0.1, 0.15) is 6.04 Å². The second kappa shape index (κ2) is 11.8. The van der Waals surface area contributed by atoms with Gasteiger partial charge >= 0.3 is 11.8 Å². The largest absolute Gasteiger partial charge is 0.383 e. The Bertz CT molecular complexity index is 974. The van der Waals surface area contributed by atoms with Crippen LogP contribution in [0.2, 0.25) is 5.02 Å². The molecule has 0 aliphatic heterocycles.